The van der Waals surface area contributed by atoms with Crippen LogP contribution in [-0.2, 0) is 12.0 Å². The van der Waals surface area contributed by atoms with E-state index in [9.17, 15) is 4.79 Å². The van der Waals surface area contributed by atoms with E-state index >= 15 is 0 Å². The third-order valence-corrected chi connectivity index (χ3v) is 5.15. The van der Waals surface area contributed by atoms with Crippen molar-refractivity contribution in [2.45, 2.75) is 32.7 Å². The number of ether oxygens (including phenoxy) is 1. The average Bonchev–Trinajstić information content (AvgIpc) is 3.47. The predicted molar refractivity (Wildman–Crippen MR) is 123 cm³/mol. The zero-order chi connectivity index (χ0) is 22.7. The molecule has 1 N–H and O–H groups in total. The third-order valence-electron chi connectivity index (χ3n) is 5.15. The summed E-state index contributed by atoms with van der Waals surface area (Å²) in [6.45, 7) is 6.88. The number of methoxy groups -OCH3 is 1. The molecule has 0 fully saturated rings. The van der Waals surface area contributed by atoms with E-state index in [0.29, 0.717) is 29.6 Å². The minimum atomic E-state index is -0.270. The van der Waals surface area contributed by atoms with Gasteiger partial charge < -0.3 is 14.5 Å². The lowest BCUT2D eigenvalue weighted by Gasteiger charge is -2.19. The van der Waals surface area contributed by atoms with Crippen LogP contribution in [0.4, 0.5) is 5.95 Å². The van der Waals surface area contributed by atoms with Crippen molar-refractivity contribution >= 4 is 11.9 Å². The lowest BCUT2D eigenvalue weighted by Crippen LogP contribution is -2.18. The molecular formula is C25H26N4O3. The number of nitrogens with zero attached hydrogens (tertiary/aromatic N) is 3. The van der Waals surface area contributed by atoms with Crippen LogP contribution >= 0.6 is 0 Å². The molecule has 0 aliphatic carbocycles. The Morgan fingerprint density at radius 3 is 2.38 bits per heavy atom. The van der Waals surface area contributed by atoms with Gasteiger partial charge >= 0.3 is 0 Å². The first-order valence-corrected chi connectivity index (χ1v) is 10.4. The van der Waals surface area contributed by atoms with Gasteiger partial charge in [-0.3, -0.25) is 4.79 Å². The SMILES string of the molecule is COc1ccc(CNc2nc(-c3ccco3)nn2C(=O)c2ccc(C(C)(C)C)cc2)cc1. The second-order valence-corrected chi connectivity index (χ2v) is 8.48. The highest BCUT2D eigenvalue weighted by Gasteiger charge is 2.21. The van der Waals surface area contributed by atoms with Crippen LogP contribution in [0.15, 0.2) is 71.3 Å². The maximum atomic E-state index is 13.3. The third kappa shape index (κ3) is 4.56. The van der Waals surface area contributed by atoms with Crippen LogP contribution in [0.25, 0.3) is 11.6 Å². The van der Waals surface area contributed by atoms with E-state index in [1.165, 1.54) is 4.68 Å². The molecule has 0 aliphatic rings. The van der Waals surface area contributed by atoms with Crippen LogP contribution in [0.3, 0.4) is 0 Å². The molecule has 4 rings (SSSR count). The van der Waals surface area contributed by atoms with Crippen LogP contribution in [0.1, 0.15) is 42.3 Å². The van der Waals surface area contributed by atoms with E-state index in [4.69, 9.17) is 9.15 Å². The number of aromatic nitrogens is 3. The number of hydrogen-bond acceptors (Lipinski definition) is 6. The minimum Gasteiger partial charge on any atom is -0.497 e. The van der Waals surface area contributed by atoms with E-state index in [-0.39, 0.29) is 11.3 Å². The summed E-state index contributed by atoms with van der Waals surface area (Å²) >= 11 is 0. The quantitative estimate of drug-likeness (QED) is 0.456. The lowest BCUT2D eigenvalue weighted by atomic mass is 9.87. The predicted octanol–water partition coefficient (Wildman–Crippen LogP) is 5.14. The molecule has 0 bridgehead atoms. The second-order valence-electron chi connectivity index (χ2n) is 8.48. The number of benzene rings is 2. The molecule has 164 valence electrons. The van der Waals surface area contributed by atoms with Crippen LogP contribution in [0.2, 0.25) is 0 Å². The Balaban J connectivity index is 1.62. The summed E-state index contributed by atoms with van der Waals surface area (Å²) in [4.78, 5) is 17.8. The second kappa shape index (κ2) is 8.70. The highest BCUT2D eigenvalue weighted by molar-refractivity contribution is 5.97. The normalized spacial score (nSPS) is 11.4. The van der Waals surface area contributed by atoms with E-state index in [1.54, 1.807) is 25.5 Å². The molecule has 0 radical (unpaired) electrons. The van der Waals surface area contributed by atoms with Crippen molar-refractivity contribution in [2.75, 3.05) is 12.4 Å². The molecule has 4 aromatic rings. The Hall–Kier alpha value is -3.87. The van der Waals surface area contributed by atoms with Crippen molar-refractivity contribution < 1.29 is 13.9 Å². The molecule has 7 nitrogen and oxygen atoms in total. The zero-order valence-corrected chi connectivity index (χ0v) is 18.6. The molecule has 0 spiro atoms. The van der Waals surface area contributed by atoms with Gasteiger partial charge in [-0.25, -0.2) is 0 Å². The van der Waals surface area contributed by atoms with Gasteiger partial charge in [0.25, 0.3) is 5.91 Å². The molecule has 7 heteroatoms. The van der Waals surface area contributed by atoms with E-state index in [0.717, 1.165) is 16.9 Å². The standard InChI is InChI=1S/C25H26N4O3/c1-25(2,3)19-11-9-18(10-12-19)23(30)29-24(27-22(28-29)21-6-5-15-32-21)26-16-17-7-13-20(31-4)14-8-17/h5-15H,16H2,1-4H3,(H,26,27,28). The molecule has 0 saturated heterocycles. The van der Waals surface area contributed by atoms with Gasteiger partial charge in [0.05, 0.1) is 13.4 Å². The fourth-order valence-electron chi connectivity index (χ4n) is 3.24. The summed E-state index contributed by atoms with van der Waals surface area (Å²) in [5.41, 5.74) is 2.71. The van der Waals surface area contributed by atoms with Crippen molar-refractivity contribution in [1.82, 2.24) is 14.8 Å². The smallest absolute Gasteiger partial charge is 0.281 e. The van der Waals surface area contributed by atoms with Gasteiger partial charge in [0.1, 0.15) is 5.75 Å². The average molecular weight is 431 g/mol. The number of carbonyl (C=O) groups excluding carboxylic acids is 1. The summed E-state index contributed by atoms with van der Waals surface area (Å²) < 4.78 is 11.9. The summed E-state index contributed by atoms with van der Waals surface area (Å²) in [6.07, 6.45) is 1.55. The topological polar surface area (TPSA) is 82.2 Å². The van der Waals surface area contributed by atoms with Crippen LogP contribution in [0, 0.1) is 0 Å². The number of hydrogen-bond donors (Lipinski definition) is 1. The number of anilines is 1. The molecule has 2 aromatic carbocycles. The Labute approximate surface area is 187 Å². The number of rotatable bonds is 6. The van der Waals surface area contributed by atoms with Crippen molar-refractivity contribution in [2.24, 2.45) is 0 Å². The van der Waals surface area contributed by atoms with Crippen molar-refractivity contribution in [3.8, 4) is 17.3 Å². The summed E-state index contributed by atoms with van der Waals surface area (Å²) in [5, 5.41) is 7.64. The van der Waals surface area contributed by atoms with Crippen molar-refractivity contribution in [3.05, 3.63) is 83.6 Å². The molecule has 32 heavy (non-hydrogen) atoms. The van der Waals surface area contributed by atoms with Crippen LogP contribution < -0.4 is 10.1 Å². The summed E-state index contributed by atoms with van der Waals surface area (Å²) in [5.74, 6) is 1.69. The van der Waals surface area contributed by atoms with Gasteiger partial charge in [-0.2, -0.15) is 9.67 Å². The molecule has 2 heterocycles. The van der Waals surface area contributed by atoms with Gasteiger partial charge in [0.2, 0.25) is 11.8 Å². The number of furan rings is 1. The lowest BCUT2D eigenvalue weighted by molar-refractivity contribution is 0.0947. The van der Waals surface area contributed by atoms with Crippen LogP contribution in [0.5, 0.6) is 5.75 Å². The monoisotopic (exact) mass is 430 g/mol. The Bertz CT molecular complexity index is 1190. The first-order chi connectivity index (χ1) is 15.3. The summed E-state index contributed by atoms with van der Waals surface area (Å²) in [6, 6.07) is 18.8. The highest BCUT2D eigenvalue weighted by Crippen LogP contribution is 2.24. The fourth-order valence-corrected chi connectivity index (χ4v) is 3.24. The fraction of sp³-hybridized carbons (Fsp3) is 0.240. The molecule has 0 aliphatic heterocycles. The minimum absolute atomic E-state index is 0.00632. The van der Waals surface area contributed by atoms with Gasteiger partial charge in [-0.1, -0.05) is 45.0 Å². The van der Waals surface area contributed by atoms with Gasteiger partial charge in [-0.05, 0) is 52.9 Å². The Morgan fingerprint density at radius 2 is 1.78 bits per heavy atom. The van der Waals surface area contributed by atoms with Gasteiger partial charge in [0.15, 0.2) is 5.76 Å². The van der Waals surface area contributed by atoms with Gasteiger partial charge in [0, 0.05) is 12.1 Å². The molecule has 0 saturated carbocycles. The Morgan fingerprint density at radius 1 is 1.06 bits per heavy atom. The summed E-state index contributed by atoms with van der Waals surface area (Å²) in [7, 11) is 1.63. The van der Waals surface area contributed by atoms with Gasteiger partial charge in [-0.15, -0.1) is 5.10 Å². The van der Waals surface area contributed by atoms with E-state index in [2.05, 4.69) is 36.2 Å². The zero-order valence-electron chi connectivity index (χ0n) is 18.6. The molecular weight excluding hydrogens is 404 g/mol. The van der Waals surface area contributed by atoms with Crippen molar-refractivity contribution in [3.63, 3.8) is 0 Å². The maximum Gasteiger partial charge on any atom is 0.281 e. The molecule has 0 unspecified atom stereocenters. The first kappa shape index (κ1) is 21.4. The first-order valence-electron chi connectivity index (χ1n) is 10.4. The highest BCUT2D eigenvalue weighted by atomic mass is 16.5. The number of nitrogens with one attached hydrogen (secondary N) is 1. The molecule has 0 atom stereocenters. The largest absolute Gasteiger partial charge is 0.497 e. The number of carbonyl (C=O) groups is 1. The Kier molecular flexibility index (Phi) is 5.81. The van der Waals surface area contributed by atoms with E-state index < -0.39 is 0 Å². The van der Waals surface area contributed by atoms with E-state index in [1.807, 2.05) is 48.5 Å². The molecule has 0 amide bonds. The van der Waals surface area contributed by atoms with Crippen molar-refractivity contribution in [1.29, 1.82) is 0 Å². The maximum absolute atomic E-state index is 13.3. The molecule has 2 aromatic heterocycles. The van der Waals surface area contributed by atoms with Crippen LogP contribution in [-0.4, -0.2) is 27.8 Å².